The standard InChI is InChI=1S/C12H19NO3/c1-3-16-12(15)13-8-6-11(7-9-13)5-4-10(2)14/h4-5,11H,3,6-9H2,1-2H3/b5-4+. The van der Waals surface area contributed by atoms with Gasteiger partial charge in [0.15, 0.2) is 5.78 Å². The smallest absolute Gasteiger partial charge is 0.409 e. The van der Waals surface area contributed by atoms with E-state index in [0.29, 0.717) is 25.6 Å². The number of likely N-dealkylation sites (tertiary alicyclic amines) is 1. The van der Waals surface area contributed by atoms with Crippen LogP contribution in [0.5, 0.6) is 0 Å². The number of carbonyl (C=O) groups is 2. The minimum absolute atomic E-state index is 0.0767. The van der Waals surface area contributed by atoms with Crippen LogP contribution in [0.15, 0.2) is 12.2 Å². The summed E-state index contributed by atoms with van der Waals surface area (Å²) in [5, 5.41) is 0. The highest BCUT2D eigenvalue weighted by Crippen LogP contribution is 2.18. The minimum atomic E-state index is -0.225. The molecule has 4 nitrogen and oxygen atoms in total. The first-order chi connectivity index (χ1) is 7.63. The van der Waals surface area contributed by atoms with Gasteiger partial charge in [-0.15, -0.1) is 0 Å². The predicted octanol–water partition coefficient (Wildman–Crippen LogP) is 2.00. The summed E-state index contributed by atoms with van der Waals surface area (Å²) < 4.78 is 4.93. The van der Waals surface area contributed by atoms with Crippen molar-refractivity contribution in [2.45, 2.75) is 26.7 Å². The molecule has 0 aromatic rings. The van der Waals surface area contributed by atoms with Gasteiger partial charge in [-0.1, -0.05) is 6.08 Å². The molecule has 0 saturated carbocycles. The number of amides is 1. The fourth-order valence-electron chi connectivity index (χ4n) is 1.76. The van der Waals surface area contributed by atoms with Gasteiger partial charge in [0, 0.05) is 13.1 Å². The van der Waals surface area contributed by atoms with Crippen LogP contribution in [0, 0.1) is 5.92 Å². The van der Waals surface area contributed by atoms with E-state index in [9.17, 15) is 9.59 Å². The fourth-order valence-corrected chi connectivity index (χ4v) is 1.76. The van der Waals surface area contributed by atoms with E-state index in [0.717, 1.165) is 12.8 Å². The van der Waals surface area contributed by atoms with E-state index in [-0.39, 0.29) is 11.9 Å². The van der Waals surface area contributed by atoms with Gasteiger partial charge in [0.25, 0.3) is 0 Å². The molecule has 0 radical (unpaired) electrons. The molecule has 1 aliphatic heterocycles. The minimum Gasteiger partial charge on any atom is -0.450 e. The Labute approximate surface area is 96.3 Å². The lowest BCUT2D eigenvalue weighted by molar-refractivity contribution is -0.112. The molecule has 1 saturated heterocycles. The largest absolute Gasteiger partial charge is 0.450 e. The van der Waals surface area contributed by atoms with Crippen LogP contribution < -0.4 is 0 Å². The monoisotopic (exact) mass is 225 g/mol. The Bertz CT molecular complexity index is 278. The van der Waals surface area contributed by atoms with Crippen molar-refractivity contribution in [2.75, 3.05) is 19.7 Å². The van der Waals surface area contributed by atoms with Crippen LogP contribution in [0.2, 0.25) is 0 Å². The molecule has 1 fully saturated rings. The number of ether oxygens (including phenoxy) is 1. The van der Waals surface area contributed by atoms with Crippen molar-refractivity contribution in [1.82, 2.24) is 4.90 Å². The van der Waals surface area contributed by atoms with Gasteiger partial charge in [0.1, 0.15) is 0 Å². The van der Waals surface area contributed by atoms with Crippen molar-refractivity contribution in [3.05, 3.63) is 12.2 Å². The quantitative estimate of drug-likeness (QED) is 0.690. The van der Waals surface area contributed by atoms with Crippen LogP contribution in [-0.4, -0.2) is 36.5 Å². The number of piperidine rings is 1. The summed E-state index contributed by atoms with van der Waals surface area (Å²) in [4.78, 5) is 23.9. The molecule has 0 aliphatic carbocycles. The predicted molar refractivity (Wildman–Crippen MR) is 61.1 cm³/mol. The maximum atomic E-state index is 11.4. The second-order valence-electron chi connectivity index (χ2n) is 3.99. The molecule has 0 bridgehead atoms. The molecule has 0 unspecified atom stereocenters. The first-order valence-electron chi connectivity index (χ1n) is 5.74. The van der Waals surface area contributed by atoms with E-state index >= 15 is 0 Å². The summed E-state index contributed by atoms with van der Waals surface area (Å²) in [6, 6.07) is 0. The SMILES string of the molecule is CCOC(=O)N1CCC(/C=C/C(C)=O)CC1. The summed E-state index contributed by atoms with van der Waals surface area (Å²) in [6.07, 6.45) is 5.15. The van der Waals surface area contributed by atoms with E-state index in [4.69, 9.17) is 4.74 Å². The van der Waals surface area contributed by atoms with E-state index in [1.54, 1.807) is 24.8 Å². The first-order valence-corrected chi connectivity index (χ1v) is 5.74. The highest BCUT2D eigenvalue weighted by atomic mass is 16.6. The molecule has 1 rings (SSSR count). The van der Waals surface area contributed by atoms with Gasteiger partial charge in [-0.3, -0.25) is 4.79 Å². The van der Waals surface area contributed by atoms with Gasteiger partial charge in [-0.05, 0) is 38.7 Å². The molecule has 0 atom stereocenters. The molecule has 1 amide bonds. The molecule has 1 aliphatic rings. The Morgan fingerprint density at radius 3 is 2.50 bits per heavy atom. The normalized spacial score (nSPS) is 17.8. The van der Waals surface area contributed by atoms with Crippen LogP contribution in [0.3, 0.4) is 0 Å². The van der Waals surface area contributed by atoms with Crippen LogP contribution in [0.4, 0.5) is 4.79 Å². The summed E-state index contributed by atoms with van der Waals surface area (Å²) >= 11 is 0. The van der Waals surface area contributed by atoms with E-state index < -0.39 is 0 Å². The third-order valence-corrected chi connectivity index (χ3v) is 2.67. The topological polar surface area (TPSA) is 46.6 Å². The van der Waals surface area contributed by atoms with Gasteiger partial charge in [0.05, 0.1) is 6.61 Å². The van der Waals surface area contributed by atoms with Crippen LogP contribution in [0.1, 0.15) is 26.7 Å². The number of hydrogen-bond acceptors (Lipinski definition) is 3. The number of rotatable bonds is 3. The molecule has 16 heavy (non-hydrogen) atoms. The van der Waals surface area contributed by atoms with E-state index in [1.807, 2.05) is 6.08 Å². The van der Waals surface area contributed by atoms with Crippen LogP contribution >= 0.6 is 0 Å². The Morgan fingerprint density at radius 2 is 2.00 bits per heavy atom. The van der Waals surface area contributed by atoms with E-state index in [2.05, 4.69) is 0 Å². The summed E-state index contributed by atoms with van der Waals surface area (Å²) in [6.45, 7) is 5.20. The van der Waals surface area contributed by atoms with E-state index in [1.165, 1.54) is 0 Å². The number of hydrogen-bond donors (Lipinski definition) is 0. The highest BCUT2D eigenvalue weighted by molar-refractivity contribution is 5.87. The molecule has 0 spiro atoms. The van der Waals surface area contributed by atoms with Gasteiger partial charge in [-0.25, -0.2) is 4.79 Å². The zero-order chi connectivity index (χ0) is 12.0. The average molecular weight is 225 g/mol. The summed E-state index contributed by atoms with van der Waals surface area (Å²) in [5.74, 6) is 0.488. The molecule has 4 heteroatoms. The second-order valence-corrected chi connectivity index (χ2v) is 3.99. The Morgan fingerprint density at radius 1 is 1.38 bits per heavy atom. The molecular formula is C12H19NO3. The van der Waals surface area contributed by atoms with Crippen molar-refractivity contribution >= 4 is 11.9 Å². The third kappa shape index (κ3) is 4.04. The second kappa shape index (κ2) is 6.30. The zero-order valence-corrected chi connectivity index (χ0v) is 9.94. The van der Waals surface area contributed by atoms with Gasteiger partial charge in [-0.2, -0.15) is 0 Å². The van der Waals surface area contributed by atoms with Crippen molar-refractivity contribution in [3.63, 3.8) is 0 Å². The molecular weight excluding hydrogens is 206 g/mol. The van der Waals surface area contributed by atoms with Crippen molar-refractivity contribution in [3.8, 4) is 0 Å². The lowest BCUT2D eigenvalue weighted by Gasteiger charge is -2.29. The van der Waals surface area contributed by atoms with Crippen molar-refractivity contribution in [1.29, 1.82) is 0 Å². The zero-order valence-electron chi connectivity index (χ0n) is 9.94. The van der Waals surface area contributed by atoms with Gasteiger partial charge in [0.2, 0.25) is 0 Å². The van der Waals surface area contributed by atoms with Crippen LogP contribution in [-0.2, 0) is 9.53 Å². The molecule has 1 heterocycles. The molecule has 0 aromatic carbocycles. The first kappa shape index (κ1) is 12.7. The lowest BCUT2D eigenvalue weighted by atomic mass is 9.96. The molecule has 0 aromatic heterocycles. The number of ketones is 1. The summed E-state index contributed by atoms with van der Waals surface area (Å²) in [7, 11) is 0. The maximum absolute atomic E-state index is 11.4. The molecule has 0 N–H and O–H groups in total. The van der Waals surface area contributed by atoms with Crippen molar-refractivity contribution in [2.24, 2.45) is 5.92 Å². The Balaban J connectivity index is 2.33. The maximum Gasteiger partial charge on any atom is 0.409 e. The number of nitrogens with zero attached hydrogens (tertiary/aromatic N) is 1. The van der Waals surface area contributed by atoms with Gasteiger partial charge >= 0.3 is 6.09 Å². The van der Waals surface area contributed by atoms with Gasteiger partial charge < -0.3 is 9.64 Å². The fraction of sp³-hybridized carbons (Fsp3) is 0.667. The highest BCUT2D eigenvalue weighted by Gasteiger charge is 2.21. The number of carbonyl (C=O) groups excluding carboxylic acids is 2. The number of allylic oxidation sites excluding steroid dienone is 2. The van der Waals surface area contributed by atoms with Crippen LogP contribution in [0.25, 0.3) is 0 Å². The van der Waals surface area contributed by atoms with Crippen molar-refractivity contribution < 1.29 is 14.3 Å². The third-order valence-electron chi connectivity index (χ3n) is 2.67. The Hall–Kier alpha value is -1.32. The average Bonchev–Trinajstić information content (AvgIpc) is 2.27. The molecule has 90 valence electrons. The summed E-state index contributed by atoms with van der Waals surface area (Å²) in [5.41, 5.74) is 0. The Kier molecular flexibility index (Phi) is 5.02. The lowest BCUT2D eigenvalue weighted by Crippen LogP contribution is -2.38.